The molecule has 0 saturated heterocycles. The second kappa shape index (κ2) is 9.73. The molecule has 10 heteroatoms. The van der Waals surface area contributed by atoms with Crippen LogP contribution in [0.1, 0.15) is 24.2 Å². The summed E-state index contributed by atoms with van der Waals surface area (Å²) in [5.74, 6) is 2.14. The Labute approximate surface area is 185 Å². The Balaban J connectivity index is 1.99. The fourth-order valence-electron chi connectivity index (χ4n) is 3.41. The van der Waals surface area contributed by atoms with Crippen molar-refractivity contribution in [3.8, 4) is 17.2 Å². The molecule has 3 rings (SSSR count). The molecule has 3 aromatic rings. The SMILES string of the molecule is COc1cc(/C=C/c2nc3c(c(=O)n(C)c(=O)n3C)n2C)cc(OC)c1OCCCCN. The quantitative estimate of drug-likeness (QED) is 0.495. The van der Waals surface area contributed by atoms with Gasteiger partial charge in [-0.25, -0.2) is 9.78 Å². The number of aromatic nitrogens is 4. The van der Waals surface area contributed by atoms with Crippen LogP contribution in [0.5, 0.6) is 17.2 Å². The predicted molar refractivity (Wildman–Crippen MR) is 123 cm³/mol. The normalized spacial score (nSPS) is 11.4. The average molecular weight is 444 g/mol. The van der Waals surface area contributed by atoms with Gasteiger partial charge in [0, 0.05) is 21.1 Å². The molecule has 0 bridgehead atoms. The molecule has 0 aliphatic heterocycles. The van der Waals surface area contributed by atoms with Gasteiger partial charge in [-0.1, -0.05) is 6.08 Å². The lowest BCUT2D eigenvalue weighted by molar-refractivity contribution is 0.269. The van der Waals surface area contributed by atoms with Gasteiger partial charge in [0.1, 0.15) is 5.82 Å². The average Bonchev–Trinajstić information content (AvgIpc) is 3.13. The lowest BCUT2D eigenvalue weighted by Gasteiger charge is -2.15. The van der Waals surface area contributed by atoms with Gasteiger partial charge in [-0.3, -0.25) is 13.9 Å². The topological polar surface area (TPSA) is 116 Å². The highest BCUT2D eigenvalue weighted by molar-refractivity contribution is 5.77. The Kier molecular flexibility index (Phi) is 7.04. The molecule has 0 saturated carbocycles. The number of aryl methyl sites for hydroxylation is 2. The standard InChI is InChI=1S/C22H29N5O5/c1-25-17(24-20-18(25)21(28)27(3)22(29)26(20)2)9-8-14-12-15(30-4)19(16(13-14)31-5)32-11-7-6-10-23/h8-9,12-13H,6-7,10-11,23H2,1-5H3/b9-8+. The number of benzene rings is 1. The lowest BCUT2D eigenvalue weighted by Crippen LogP contribution is -2.37. The van der Waals surface area contributed by atoms with E-state index in [4.69, 9.17) is 19.9 Å². The Morgan fingerprint density at radius 1 is 0.969 bits per heavy atom. The van der Waals surface area contributed by atoms with Crippen LogP contribution in [0.3, 0.4) is 0 Å². The number of imidazole rings is 1. The molecule has 2 heterocycles. The molecule has 0 aliphatic carbocycles. The van der Waals surface area contributed by atoms with E-state index in [0.717, 1.165) is 23.0 Å². The third-order valence-corrected chi connectivity index (χ3v) is 5.26. The molecule has 0 aliphatic rings. The summed E-state index contributed by atoms with van der Waals surface area (Å²) in [7, 11) is 7.91. The molecule has 2 N–H and O–H groups in total. The summed E-state index contributed by atoms with van der Waals surface area (Å²) < 4.78 is 21.0. The third-order valence-electron chi connectivity index (χ3n) is 5.26. The van der Waals surface area contributed by atoms with E-state index >= 15 is 0 Å². The maximum absolute atomic E-state index is 12.6. The van der Waals surface area contributed by atoms with Crippen molar-refractivity contribution in [1.82, 2.24) is 18.7 Å². The van der Waals surface area contributed by atoms with E-state index in [0.29, 0.717) is 47.4 Å². The molecule has 172 valence electrons. The molecule has 0 amide bonds. The highest BCUT2D eigenvalue weighted by Crippen LogP contribution is 2.39. The molecular weight excluding hydrogens is 414 g/mol. The first-order valence-corrected chi connectivity index (χ1v) is 10.2. The number of nitrogens with two attached hydrogens (primary N) is 1. The largest absolute Gasteiger partial charge is 0.493 e. The number of unbranched alkanes of at least 4 members (excludes halogenated alkanes) is 1. The van der Waals surface area contributed by atoms with Crippen LogP contribution in [-0.4, -0.2) is 46.1 Å². The van der Waals surface area contributed by atoms with Crippen LogP contribution in [0.15, 0.2) is 21.7 Å². The van der Waals surface area contributed by atoms with Gasteiger partial charge in [0.25, 0.3) is 5.56 Å². The molecule has 0 unspecified atom stereocenters. The Morgan fingerprint density at radius 2 is 1.62 bits per heavy atom. The van der Waals surface area contributed by atoms with E-state index in [-0.39, 0.29) is 0 Å². The van der Waals surface area contributed by atoms with Gasteiger partial charge in [-0.2, -0.15) is 0 Å². The summed E-state index contributed by atoms with van der Waals surface area (Å²) >= 11 is 0. The smallest absolute Gasteiger partial charge is 0.332 e. The minimum absolute atomic E-state index is 0.330. The molecule has 1 aromatic carbocycles. The van der Waals surface area contributed by atoms with Crippen LogP contribution in [0.25, 0.3) is 23.3 Å². The minimum Gasteiger partial charge on any atom is -0.493 e. The Hall–Kier alpha value is -3.53. The maximum atomic E-state index is 12.6. The summed E-state index contributed by atoms with van der Waals surface area (Å²) in [5, 5.41) is 0. The van der Waals surface area contributed by atoms with E-state index in [1.807, 2.05) is 18.2 Å². The zero-order valence-corrected chi connectivity index (χ0v) is 19.0. The van der Waals surface area contributed by atoms with Gasteiger partial charge in [-0.15, -0.1) is 0 Å². The number of rotatable bonds is 9. The number of methoxy groups -OCH3 is 2. The number of nitrogens with zero attached hydrogens (tertiary/aromatic N) is 4. The van der Waals surface area contributed by atoms with Crippen molar-refractivity contribution in [2.24, 2.45) is 26.9 Å². The van der Waals surface area contributed by atoms with Gasteiger partial charge in [0.2, 0.25) is 5.75 Å². The summed E-state index contributed by atoms with van der Waals surface area (Å²) in [5.41, 5.74) is 6.19. The van der Waals surface area contributed by atoms with Gasteiger partial charge in [0.15, 0.2) is 22.7 Å². The minimum atomic E-state index is -0.423. The van der Waals surface area contributed by atoms with Gasteiger partial charge in [0.05, 0.1) is 20.8 Å². The Bertz CT molecular complexity index is 1240. The van der Waals surface area contributed by atoms with Crippen molar-refractivity contribution in [3.05, 3.63) is 44.4 Å². The van der Waals surface area contributed by atoms with E-state index in [2.05, 4.69) is 4.98 Å². The zero-order valence-electron chi connectivity index (χ0n) is 19.0. The zero-order chi connectivity index (χ0) is 23.4. The van der Waals surface area contributed by atoms with Crippen molar-refractivity contribution in [1.29, 1.82) is 0 Å². The number of ether oxygens (including phenoxy) is 3. The molecule has 32 heavy (non-hydrogen) atoms. The second-order valence-electron chi connectivity index (χ2n) is 7.34. The van der Waals surface area contributed by atoms with E-state index < -0.39 is 11.2 Å². The molecule has 0 spiro atoms. The van der Waals surface area contributed by atoms with Crippen LogP contribution in [-0.2, 0) is 21.1 Å². The predicted octanol–water partition coefficient (Wildman–Crippen LogP) is 1.28. The van der Waals surface area contributed by atoms with Crippen molar-refractivity contribution in [2.45, 2.75) is 12.8 Å². The summed E-state index contributed by atoms with van der Waals surface area (Å²) in [4.78, 5) is 29.2. The molecule has 0 fully saturated rings. The molecule has 2 aromatic heterocycles. The first-order valence-electron chi connectivity index (χ1n) is 10.2. The monoisotopic (exact) mass is 443 g/mol. The summed E-state index contributed by atoms with van der Waals surface area (Å²) in [6.45, 7) is 1.12. The molecular formula is C22H29N5O5. The van der Waals surface area contributed by atoms with Crippen LogP contribution in [0.4, 0.5) is 0 Å². The van der Waals surface area contributed by atoms with Crippen molar-refractivity contribution >= 4 is 23.3 Å². The summed E-state index contributed by atoms with van der Waals surface area (Å²) in [6.07, 6.45) is 5.30. The van der Waals surface area contributed by atoms with Crippen LogP contribution in [0.2, 0.25) is 0 Å². The molecule has 10 nitrogen and oxygen atoms in total. The third kappa shape index (κ3) is 4.26. The van der Waals surface area contributed by atoms with Gasteiger partial charge < -0.3 is 24.5 Å². The van der Waals surface area contributed by atoms with E-state index in [1.165, 1.54) is 11.6 Å². The van der Waals surface area contributed by atoms with Crippen molar-refractivity contribution < 1.29 is 14.2 Å². The molecule has 0 radical (unpaired) electrons. The van der Waals surface area contributed by atoms with Crippen molar-refractivity contribution in [2.75, 3.05) is 27.4 Å². The Morgan fingerprint density at radius 3 is 2.22 bits per heavy atom. The second-order valence-corrected chi connectivity index (χ2v) is 7.34. The first kappa shape index (κ1) is 23.1. The number of hydrogen-bond donors (Lipinski definition) is 1. The van der Waals surface area contributed by atoms with Gasteiger partial charge >= 0.3 is 5.69 Å². The maximum Gasteiger partial charge on any atom is 0.332 e. The van der Waals surface area contributed by atoms with Crippen LogP contribution < -0.4 is 31.2 Å². The highest BCUT2D eigenvalue weighted by Gasteiger charge is 2.16. The highest BCUT2D eigenvalue weighted by atomic mass is 16.5. The van der Waals surface area contributed by atoms with E-state index in [9.17, 15) is 9.59 Å². The lowest BCUT2D eigenvalue weighted by atomic mass is 10.1. The van der Waals surface area contributed by atoms with E-state index in [1.54, 1.807) is 39.0 Å². The van der Waals surface area contributed by atoms with Crippen molar-refractivity contribution in [3.63, 3.8) is 0 Å². The summed E-state index contributed by atoms with van der Waals surface area (Å²) in [6, 6.07) is 3.66. The fourth-order valence-corrected chi connectivity index (χ4v) is 3.41. The fraction of sp³-hybridized carbons (Fsp3) is 0.409. The van der Waals surface area contributed by atoms with Crippen LogP contribution in [0, 0.1) is 0 Å². The molecule has 0 atom stereocenters. The van der Waals surface area contributed by atoms with Crippen LogP contribution >= 0.6 is 0 Å². The van der Waals surface area contributed by atoms with Gasteiger partial charge in [-0.05, 0) is 43.2 Å². The first-order chi connectivity index (χ1) is 15.3. The number of fused-ring (bicyclic) bond motifs is 1. The number of hydrogen-bond acceptors (Lipinski definition) is 7.